The van der Waals surface area contributed by atoms with E-state index in [0.717, 1.165) is 0 Å². The molecule has 3 heteroatoms. The summed E-state index contributed by atoms with van der Waals surface area (Å²) < 4.78 is 27.3. The van der Waals surface area contributed by atoms with Gasteiger partial charge in [0.25, 0.3) is 0 Å². The molecule has 0 nitrogen and oxygen atoms in total. The average molecular weight is 77.7 g/mol. The van der Waals surface area contributed by atoms with Crippen LogP contribution in [0.15, 0.2) is 0 Å². The number of hydrogen-bond acceptors (Lipinski definition) is 0. The lowest BCUT2D eigenvalue weighted by Gasteiger charge is -1.64. The van der Waals surface area contributed by atoms with Gasteiger partial charge in [0.15, 0.2) is 0 Å². The van der Waals surface area contributed by atoms with Crippen LogP contribution in [0.5, 0.6) is 0 Å². The van der Waals surface area contributed by atoms with Crippen LogP contribution in [-0.2, 0) is 0 Å². The molecule has 0 saturated heterocycles. The molecule has 1 atom stereocenters. The van der Waals surface area contributed by atoms with Crippen LogP contribution >= 0.6 is 8.28 Å². The highest BCUT2D eigenvalue weighted by Crippen LogP contribution is 1.90. The molecule has 0 aliphatic rings. The molecule has 0 N–H and O–H groups in total. The monoisotopic (exact) mass is 78.1 g/mol. The van der Waals surface area contributed by atoms with E-state index in [4.69, 9.17) is 5.29 Å². The van der Waals surface area contributed by atoms with Gasteiger partial charge in [0.05, 0.1) is 0 Å². The lowest BCUT2D eigenvalue weighted by atomic mass is 10.2. The summed E-state index contributed by atoms with van der Waals surface area (Å²) in [5, 5.41) is 0. The molecular formula is CH7B2P. The predicted octanol–water partition coefficient (Wildman–Crippen LogP) is -0.387. The van der Waals surface area contributed by atoms with Gasteiger partial charge in [-0.2, -0.15) is 8.28 Å². The first-order valence-corrected chi connectivity index (χ1v) is 2.13. The molecule has 0 heterocycles. The minimum atomic E-state index is -1.45. The Balaban J connectivity index is 3.46. The summed E-state index contributed by atoms with van der Waals surface area (Å²) in [5.74, 6) is 0. The summed E-state index contributed by atoms with van der Waals surface area (Å²) in [7, 11) is -2.56. The van der Waals surface area contributed by atoms with Gasteiger partial charge in [-0.15, -0.1) is 0 Å². The van der Waals surface area contributed by atoms with Gasteiger partial charge in [0.2, 0.25) is 0 Å². The summed E-state index contributed by atoms with van der Waals surface area (Å²) in [6, 6.07) is 0. The van der Waals surface area contributed by atoms with Crippen molar-refractivity contribution in [1.29, 1.82) is 5.29 Å². The zero-order chi connectivity index (χ0) is 6.73. The normalized spacial score (nSPS) is 27.2. The molecule has 0 fully saturated rings. The molecule has 0 radical (unpaired) electrons. The second kappa shape index (κ2) is 3.56. The average Bonchev–Trinajstić information content (AvgIpc) is 1.64. The van der Waals surface area contributed by atoms with Crippen LogP contribution in [0.4, 0.5) is 0 Å². The molecule has 4 heavy (non-hydrogen) atoms. The highest BCUT2D eigenvalue weighted by molar-refractivity contribution is 7.90. The van der Waals surface area contributed by atoms with E-state index < -0.39 is 22.7 Å². The van der Waals surface area contributed by atoms with E-state index in [-0.39, 0.29) is 0 Å². The van der Waals surface area contributed by atoms with Gasteiger partial charge in [-0.25, -0.2) is 0 Å². The van der Waals surface area contributed by atoms with Gasteiger partial charge in [0.1, 0.15) is 14.5 Å². The van der Waals surface area contributed by atoms with Gasteiger partial charge in [-0.05, 0) is 4.01 Å². The molecule has 0 aromatic carbocycles. The first-order valence-electron chi connectivity index (χ1n) is 3.27. The quantitative estimate of drug-likeness (QED) is 0.311. The second-order valence-corrected chi connectivity index (χ2v) is 1.22. The Morgan fingerprint density at radius 1 is 3.50 bits per heavy atom. The van der Waals surface area contributed by atoms with Crippen LogP contribution in [0, 0.1) is 0 Å². The third-order valence-electron chi connectivity index (χ3n) is 0.149. The molecule has 0 aliphatic carbocycles. The SMILES string of the molecule is [2H]B([3H])P([3H])B([2H])C. The third-order valence-corrected chi connectivity index (χ3v) is 0.447. The highest BCUT2D eigenvalue weighted by Gasteiger charge is 1.61. The Kier molecular flexibility index (Phi) is 0.900. The van der Waals surface area contributed by atoms with Crippen molar-refractivity contribution >= 4 is 22.7 Å². The van der Waals surface area contributed by atoms with Crippen LogP contribution in [-0.4, -0.2) is 19.7 Å². The molecule has 0 spiro atoms. The maximum absolute atomic E-state index is 6.98. The van der Waals surface area contributed by atoms with Gasteiger partial charge < -0.3 is 0 Å². The summed E-state index contributed by atoms with van der Waals surface area (Å²) in [6.45, 7) is 0.999. The fourth-order valence-corrected chi connectivity index (χ4v) is 0. The van der Waals surface area contributed by atoms with Crippen LogP contribution in [0.3, 0.4) is 0 Å². The van der Waals surface area contributed by atoms with E-state index in [0.29, 0.717) is 0 Å². The zero-order valence-corrected chi connectivity index (χ0v) is 3.50. The molecule has 0 amide bonds. The van der Waals surface area contributed by atoms with Gasteiger partial charge >= 0.3 is 0 Å². The van der Waals surface area contributed by atoms with Crippen molar-refractivity contribution in [3.05, 3.63) is 0 Å². The molecule has 0 aliphatic heterocycles. The predicted molar refractivity (Wildman–Crippen MR) is 29.9 cm³/mol. The van der Waals surface area contributed by atoms with Crippen LogP contribution < -0.4 is 0 Å². The first kappa shape index (κ1) is 1.01. The van der Waals surface area contributed by atoms with Crippen molar-refractivity contribution in [1.82, 2.24) is 0 Å². The lowest BCUT2D eigenvalue weighted by Crippen LogP contribution is -1.57. The molecule has 0 saturated carbocycles. The van der Waals surface area contributed by atoms with Gasteiger partial charge in [0, 0.05) is 1.28 Å². The molecule has 1 unspecified atom stereocenters. The zero-order valence-electron chi connectivity index (χ0n) is 6.60. The standard InChI is InChI=1S/CH7B2P/c1-3-4-2/h3-4H,2H2,1H3/i2TD,3D,4T. The summed E-state index contributed by atoms with van der Waals surface area (Å²) in [5.41, 5.74) is 0. The van der Waals surface area contributed by atoms with Gasteiger partial charge in [-0.3, -0.25) is 0 Å². The van der Waals surface area contributed by atoms with E-state index in [1.54, 1.807) is 6.82 Å². The van der Waals surface area contributed by atoms with E-state index >= 15 is 0 Å². The Morgan fingerprint density at radius 2 is 4.25 bits per heavy atom. The molecular weight excluding hydrogens is 64.6 g/mol. The fourth-order valence-electron chi connectivity index (χ4n) is 0. The second-order valence-electron chi connectivity index (χ2n) is 0.407. The third kappa shape index (κ3) is 2.56. The van der Waals surface area contributed by atoms with Crippen LogP contribution in [0.2, 0.25) is 6.82 Å². The van der Waals surface area contributed by atoms with E-state index in [1.165, 1.54) is 0 Å². The van der Waals surface area contributed by atoms with Crippen molar-refractivity contribution in [2.75, 3.05) is 0 Å². The Hall–Kier alpha value is 0.560. The summed E-state index contributed by atoms with van der Waals surface area (Å²) >= 11 is 0. The molecule has 0 bridgehead atoms. The van der Waals surface area contributed by atoms with Crippen molar-refractivity contribution in [2.24, 2.45) is 0 Å². The van der Waals surface area contributed by atoms with Crippen LogP contribution in [0.1, 0.15) is 0 Å². The number of hydrogen-bond donors (Lipinski definition) is 0. The number of rotatable bonds is 2. The Bertz CT molecular complexity index is 59.1. The highest BCUT2D eigenvalue weighted by atomic mass is 31.1. The molecule has 0 aromatic heterocycles. The minimum absolute atomic E-state index is 0.551. The van der Waals surface area contributed by atoms with Crippen molar-refractivity contribution in [3.63, 3.8) is 0 Å². The largest absolute Gasteiger partial charge is 0.199 e. The van der Waals surface area contributed by atoms with E-state index in [9.17, 15) is 0 Å². The maximum atomic E-state index is 6.98. The molecule has 22 valence electrons. The summed E-state index contributed by atoms with van der Waals surface area (Å²) in [6.07, 6.45) is 0. The minimum Gasteiger partial charge on any atom is -0.199 e. The Morgan fingerprint density at radius 3 is 4.25 bits per heavy atom. The van der Waals surface area contributed by atoms with Crippen molar-refractivity contribution in [3.8, 4) is 0 Å². The topological polar surface area (TPSA) is 0 Å². The summed E-state index contributed by atoms with van der Waals surface area (Å²) in [4.78, 5) is 0. The smallest absolute Gasteiger partial charge is 0.135 e. The van der Waals surface area contributed by atoms with E-state index in [2.05, 4.69) is 0 Å². The maximum Gasteiger partial charge on any atom is 0.135 e. The van der Waals surface area contributed by atoms with Gasteiger partial charge in [-0.1, -0.05) is 6.82 Å². The first-order chi connectivity index (χ1) is 3.55. The fraction of sp³-hybridized carbons (Fsp3) is 1.00. The van der Waals surface area contributed by atoms with Crippen molar-refractivity contribution in [2.45, 2.75) is 6.82 Å². The lowest BCUT2D eigenvalue weighted by molar-refractivity contribution is 2.38. The van der Waals surface area contributed by atoms with Crippen LogP contribution in [0.25, 0.3) is 0 Å². The van der Waals surface area contributed by atoms with Crippen molar-refractivity contribution < 1.29 is 0 Å². The molecule has 0 rings (SSSR count). The Labute approximate surface area is 36.1 Å². The van der Waals surface area contributed by atoms with E-state index in [1.807, 2.05) is 0 Å². The molecule has 0 aromatic rings.